The van der Waals surface area contributed by atoms with Gasteiger partial charge in [0.2, 0.25) is 5.91 Å². The van der Waals surface area contributed by atoms with Crippen LogP contribution in [0.4, 0.5) is 0 Å². The third kappa shape index (κ3) is 1.65. The highest BCUT2D eigenvalue weighted by Crippen LogP contribution is 2.31. The minimum Gasteiger partial charge on any atom is -0.345 e. The maximum Gasteiger partial charge on any atom is 0.222 e. The van der Waals surface area contributed by atoms with Crippen LogP contribution in [0.2, 0.25) is 0 Å². The fourth-order valence-corrected chi connectivity index (χ4v) is 2.45. The first kappa shape index (κ1) is 9.97. The summed E-state index contributed by atoms with van der Waals surface area (Å²) in [5.74, 6) is 0.875. The topological polar surface area (TPSA) is 23.6 Å². The molecule has 14 heavy (non-hydrogen) atoms. The summed E-state index contributed by atoms with van der Waals surface area (Å²) in [7, 11) is 1.91. The highest BCUT2D eigenvalue weighted by atomic mass is 16.2. The van der Waals surface area contributed by atoms with Gasteiger partial charge in [0.25, 0.3) is 0 Å². The van der Waals surface area contributed by atoms with E-state index in [1.54, 1.807) is 0 Å². The number of carbonyl (C=O) groups is 1. The maximum absolute atomic E-state index is 11.3. The van der Waals surface area contributed by atoms with E-state index in [9.17, 15) is 4.79 Å². The number of likely N-dealkylation sites (tertiary alicyclic amines) is 2. The SMILES string of the molecule is CN1CC(CN2CCC2(C)C)CC1=O. The standard InChI is InChI=1S/C11H20N2O/c1-11(2)4-5-13(11)8-9-6-10(14)12(3)7-9/h9H,4-8H2,1-3H3. The zero-order chi connectivity index (χ0) is 10.3. The van der Waals surface area contributed by atoms with Crippen LogP contribution in [0.3, 0.4) is 0 Å². The van der Waals surface area contributed by atoms with Crippen molar-refractivity contribution in [1.29, 1.82) is 0 Å². The molecule has 2 heterocycles. The first-order valence-electron chi connectivity index (χ1n) is 5.48. The summed E-state index contributed by atoms with van der Waals surface area (Å²) in [4.78, 5) is 15.7. The van der Waals surface area contributed by atoms with Crippen molar-refractivity contribution in [3.63, 3.8) is 0 Å². The number of nitrogens with zero attached hydrogens (tertiary/aromatic N) is 2. The largest absolute Gasteiger partial charge is 0.345 e. The molecule has 0 radical (unpaired) electrons. The number of carbonyl (C=O) groups excluding carboxylic acids is 1. The summed E-state index contributed by atoms with van der Waals surface area (Å²) < 4.78 is 0. The van der Waals surface area contributed by atoms with Gasteiger partial charge in [-0.25, -0.2) is 0 Å². The summed E-state index contributed by atoms with van der Waals surface area (Å²) in [6.07, 6.45) is 2.05. The van der Waals surface area contributed by atoms with Crippen LogP contribution in [0.5, 0.6) is 0 Å². The Labute approximate surface area is 86.1 Å². The minimum absolute atomic E-state index is 0.313. The zero-order valence-electron chi connectivity index (χ0n) is 9.42. The molecule has 0 bridgehead atoms. The molecule has 0 aromatic carbocycles. The minimum atomic E-state index is 0.313. The smallest absolute Gasteiger partial charge is 0.222 e. The Morgan fingerprint density at radius 1 is 1.50 bits per heavy atom. The molecule has 2 rings (SSSR count). The Bertz CT molecular complexity index is 250. The molecule has 0 saturated carbocycles. The molecule has 0 aromatic heterocycles. The van der Waals surface area contributed by atoms with E-state index >= 15 is 0 Å². The average Bonchev–Trinajstić information content (AvgIpc) is 2.41. The quantitative estimate of drug-likeness (QED) is 0.656. The lowest BCUT2D eigenvalue weighted by atomic mass is 9.87. The van der Waals surface area contributed by atoms with E-state index in [0.29, 0.717) is 17.4 Å². The van der Waals surface area contributed by atoms with Crippen LogP contribution in [-0.2, 0) is 4.79 Å². The second-order valence-corrected chi connectivity index (χ2v) is 5.35. The van der Waals surface area contributed by atoms with Gasteiger partial charge in [0.15, 0.2) is 0 Å². The van der Waals surface area contributed by atoms with E-state index in [0.717, 1.165) is 19.5 Å². The summed E-state index contributed by atoms with van der Waals surface area (Å²) in [5, 5.41) is 0. The fraction of sp³-hybridized carbons (Fsp3) is 0.909. The molecular weight excluding hydrogens is 176 g/mol. The van der Waals surface area contributed by atoms with Crippen LogP contribution in [0.25, 0.3) is 0 Å². The lowest BCUT2D eigenvalue weighted by Gasteiger charge is -2.49. The highest BCUT2D eigenvalue weighted by molar-refractivity contribution is 5.78. The molecule has 1 unspecified atom stereocenters. The predicted molar refractivity (Wildman–Crippen MR) is 56.0 cm³/mol. The number of amides is 1. The van der Waals surface area contributed by atoms with Gasteiger partial charge in [-0.3, -0.25) is 9.69 Å². The molecule has 80 valence electrons. The second-order valence-electron chi connectivity index (χ2n) is 5.35. The molecule has 0 N–H and O–H groups in total. The zero-order valence-corrected chi connectivity index (χ0v) is 9.42. The third-order valence-corrected chi connectivity index (χ3v) is 3.75. The van der Waals surface area contributed by atoms with Gasteiger partial charge in [-0.15, -0.1) is 0 Å². The van der Waals surface area contributed by atoms with Crippen molar-refractivity contribution in [3.05, 3.63) is 0 Å². The van der Waals surface area contributed by atoms with Crippen molar-refractivity contribution in [2.75, 3.05) is 26.7 Å². The molecule has 0 spiro atoms. The van der Waals surface area contributed by atoms with Crippen molar-refractivity contribution in [1.82, 2.24) is 9.80 Å². The van der Waals surface area contributed by atoms with E-state index in [2.05, 4.69) is 18.7 Å². The van der Waals surface area contributed by atoms with Gasteiger partial charge >= 0.3 is 0 Å². The molecule has 2 fully saturated rings. The van der Waals surface area contributed by atoms with Crippen LogP contribution in [0, 0.1) is 5.92 Å². The van der Waals surface area contributed by atoms with Crippen molar-refractivity contribution < 1.29 is 4.79 Å². The highest BCUT2D eigenvalue weighted by Gasteiger charge is 2.38. The lowest BCUT2D eigenvalue weighted by Crippen LogP contribution is -2.57. The van der Waals surface area contributed by atoms with Crippen LogP contribution in [-0.4, -0.2) is 47.9 Å². The Balaban J connectivity index is 1.85. The molecule has 0 aliphatic carbocycles. The Morgan fingerprint density at radius 3 is 2.57 bits per heavy atom. The van der Waals surface area contributed by atoms with Crippen molar-refractivity contribution in [2.45, 2.75) is 32.2 Å². The van der Waals surface area contributed by atoms with Gasteiger partial charge in [-0.1, -0.05) is 0 Å². The molecular formula is C11H20N2O. The molecule has 2 saturated heterocycles. The number of hydrogen-bond acceptors (Lipinski definition) is 2. The van der Waals surface area contributed by atoms with Crippen molar-refractivity contribution in [3.8, 4) is 0 Å². The molecule has 3 heteroatoms. The van der Waals surface area contributed by atoms with Gasteiger partial charge in [0, 0.05) is 38.6 Å². The number of hydrogen-bond donors (Lipinski definition) is 0. The fourth-order valence-electron chi connectivity index (χ4n) is 2.45. The van der Waals surface area contributed by atoms with Gasteiger partial charge in [0.1, 0.15) is 0 Å². The Morgan fingerprint density at radius 2 is 2.21 bits per heavy atom. The molecule has 1 amide bonds. The van der Waals surface area contributed by atoms with E-state index in [1.807, 2.05) is 11.9 Å². The van der Waals surface area contributed by atoms with Crippen LogP contribution in [0.1, 0.15) is 26.7 Å². The van der Waals surface area contributed by atoms with E-state index in [1.165, 1.54) is 13.0 Å². The normalized spacial score (nSPS) is 32.1. The summed E-state index contributed by atoms with van der Waals surface area (Å²) >= 11 is 0. The van der Waals surface area contributed by atoms with E-state index < -0.39 is 0 Å². The Hall–Kier alpha value is -0.570. The summed E-state index contributed by atoms with van der Waals surface area (Å²) in [6, 6.07) is 0. The molecule has 1 atom stereocenters. The van der Waals surface area contributed by atoms with Crippen molar-refractivity contribution >= 4 is 5.91 Å². The van der Waals surface area contributed by atoms with Crippen LogP contribution in [0.15, 0.2) is 0 Å². The predicted octanol–water partition coefficient (Wildman–Crippen LogP) is 0.949. The molecule has 3 nitrogen and oxygen atoms in total. The van der Waals surface area contributed by atoms with E-state index in [4.69, 9.17) is 0 Å². The number of rotatable bonds is 2. The first-order valence-corrected chi connectivity index (χ1v) is 5.48. The molecule has 0 aromatic rings. The van der Waals surface area contributed by atoms with Crippen LogP contribution < -0.4 is 0 Å². The maximum atomic E-state index is 11.3. The molecule has 2 aliphatic heterocycles. The van der Waals surface area contributed by atoms with Crippen LogP contribution >= 0.6 is 0 Å². The summed E-state index contributed by atoms with van der Waals surface area (Å²) in [5.41, 5.74) is 0.379. The van der Waals surface area contributed by atoms with Gasteiger partial charge in [0.05, 0.1) is 0 Å². The second kappa shape index (κ2) is 3.23. The average molecular weight is 196 g/mol. The monoisotopic (exact) mass is 196 g/mol. The van der Waals surface area contributed by atoms with Crippen molar-refractivity contribution in [2.24, 2.45) is 5.92 Å². The Kier molecular flexibility index (Phi) is 2.30. The first-order chi connectivity index (χ1) is 6.49. The van der Waals surface area contributed by atoms with Gasteiger partial charge in [-0.05, 0) is 26.2 Å². The third-order valence-electron chi connectivity index (χ3n) is 3.75. The van der Waals surface area contributed by atoms with Gasteiger partial charge < -0.3 is 4.90 Å². The summed E-state index contributed by atoms with van der Waals surface area (Å²) in [6.45, 7) is 7.84. The molecule has 2 aliphatic rings. The lowest BCUT2D eigenvalue weighted by molar-refractivity contribution is -0.126. The van der Waals surface area contributed by atoms with E-state index in [-0.39, 0.29) is 0 Å². The van der Waals surface area contributed by atoms with Gasteiger partial charge in [-0.2, -0.15) is 0 Å².